The topological polar surface area (TPSA) is 189 Å². The number of carbonyl (C=O) groups excluding carboxylic acids is 5. The summed E-state index contributed by atoms with van der Waals surface area (Å²) in [6.45, 7) is 9.93. The number of amides is 4. The van der Waals surface area contributed by atoms with Crippen LogP contribution >= 0.6 is 0 Å². The van der Waals surface area contributed by atoms with Gasteiger partial charge in [-0.2, -0.15) is 0 Å². The lowest BCUT2D eigenvalue weighted by molar-refractivity contribution is -0.141. The molecule has 202 valence electrons. The minimum atomic E-state index is -1.18. The predicted octanol–water partition coefficient (Wildman–Crippen LogP) is -1.20. The van der Waals surface area contributed by atoms with Crippen molar-refractivity contribution in [2.24, 2.45) is 23.5 Å². The Labute approximate surface area is 207 Å². The average molecular weight is 502 g/mol. The number of esters is 1. The van der Waals surface area contributed by atoms with Gasteiger partial charge in [0.05, 0.1) is 13.7 Å². The van der Waals surface area contributed by atoms with Gasteiger partial charge >= 0.3 is 5.97 Å². The van der Waals surface area contributed by atoms with E-state index < -0.39 is 60.4 Å². The van der Waals surface area contributed by atoms with Crippen molar-refractivity contribution in [1.29, 1.82) is 0 Å². The molecule has 0 saturated carbocycles. The van der Waals surface area contributed by atoms with Crippen molar-refractivity contribution in [2.75, 3.05) is 20.3 Å². The van der Waals surface area contributed by atoms with Gasteiger partial charge in [-0.05, 0) is 24.2 Å². The van der Waals surface area contributed by atoms with E-state index >= 15 is 0 Å². The minimum absolute atomic E-state index is 0.0380. The molecular weight excluding hydrogens is 458 g/mol. The van der Waals surface area contributed by atoms with Crippen molar-refractivity contribution >= 4 is 29.6 Å². The Morgan fingerprint density at radius 1 is 0.857 bits per heavy atom. The van der Waals surface area contributed by atoms with Crippen LogP contribution in [-0.2, 0) is 28.7 Å². The fourth-order valence-corrected chi connectivity index (χ4v) is 3.14. The first kappa shape index (κ1) is 32.3. The Morgan fingerprint density at radius 3 is 1.89 bits per heavy atom. The molecule has 0 aliphatic rings. The highest BCUT2D eigenvalue weighted by molar-refractivity contribution is 5.95. The number of nitrogens with two attached hydrogens (primary N) is 1. The van der Waals surface area contributed by atoms with Crippen LogP contribution in [0.4, 0.5) is 0 Å². The zero-order chi connectivity index (χ0) is 27.3. The second kappa shape index (κ2) is 16.0. The molecule has 12 heteroatoms. The zero-order valence-corrected chi connectivity index (χ0v) is 21.8. The van der Waals surface area contributed by atoms with E-state index in [1.165, 1.54) is 7.11 Å². The second-order valence-electron chi connectivity index (χ2n) is 9.38. The summed E-state index contributed by atoms with van der Waals surface area (Å²) in [6.07, 6.45) is 0.858. The molecule has 0 aromatic rings. The van der Waals surface area contributed by atoms with Crippen LogP contribution in [0.1, 0.15) is 54.4 Å². The van der Waals surface area contributed by atoms with Crippen LogP contribution in [0.5, 0.6) is 0 Å². The van der Waals surface area contributed by atoms with E-state index in [0.717, 1.165) is 0 Å². The summed E-state index contributed by atoms with van der Waals surface area (Å²) in [6, 6.07) is -4.09. The third-order valence-corrected chi connectivity index (χ3v) is 5.55. The monoisotopic (exact) mass is 501 g/mol. The standard InChI is InChI=1S/C23H43N5O7/c1-8-14(6)19(22(33)25-10-17(30)35-7)28-23(34)18(13(4)5)27-21(32)16(9-12(2)3)26-20(31)15(24)11-29/h12-16,18-19,29H,8-11,24H2,1-7H3,(H,25,33)(H,26,31)(H,27,32)(H,28,34). The zero-order valence-electron chi connectivity index (χ0n) is 21.8. The third-order valence-electron chi connectivity index (χ3n) is 5.55. The Bertz CT molecular complexity index is 729. The lowest BCUT2D eigenvalue weighted by Gasteiger charge is -2.29. The number of nitrogens with one attached hydrogen (secondary N) is 4. The van der Waals surface area contributed by atoms with E-state index in [1.54, 1.807) is 20.8 Å². The van der Waals surface area contributed by atoms with Gasteiger partial charge < -0.3 is 36.8 Å². The molecule has 0 spiro atoms. The first-order valence-electron chi connectivity index (χ1n) is 11.9. The summed E-state index contributed by atoms with van der Waals surface area (Å²) in [7, 11) is 1.20. The maximum atomic E-state index is 13.1. The molecular formula is C23H43N5O7. The van der Waals surface area contributed by atoms with E-state index in [4.69, 9.17) is 10.8 Å². The molecule has 5 atom stereocenters. The summed E-state index contributed by atoms with van der Waals surface area (Å²) < 4.78 is 4.52. The molecule has 5 unspecified atom stereocenters. The van der Waals surface area contributed by atoms with Gasteiger partial charge in [-0.3, -0.25) is 24.0 Å². The fraction of sp³-hybridized carbons (Fsp3) is 0.783. The number of aliphatic hydroxyl groups is 1. The van der Waals surface area contributed by atoms with Crippen LogP contribution in [-0.4, -0.2) is 79.1 Å². The Morgan fingerprint density at radius 2 is 1.43 bits per heavy atom. The van der Waals surface area contributed by atoms with E-state index in [0.29, 0.717) is 6.42 Å². The first-order valence-corrected chi connectivity index (χ1v) is 11.9. The molecule has 0 fully saturated rings. The summed E-state index contributed by atoms with van der Waals surface area (Å²) >= 11 is 0. The normalized spacial score (nSPS) is 15.4. The molecule has 0 aromatic carbocycles. The van der Waals surface area contributed by atoms with Crippen molar-refractivity contribution < 1.29 is 33.8 Å². The van der Waals surface area contributed by atoms with Crippen molar-refractivity contribution in [2.45, 2.75) is 78.6 Å². The lowest BCUT2D eigenvalue weighted by Crippen LogP contribution is -2.60. The van der Waals surface area contributed by atoms with E-state index in [-0.39, 0.29) is 30.7 Å². The highest BCUT2D eigenvalue weighted by Gasteiger charge is 2.33. The maximum Gasteiger partial charge on any atom is 0.325 e. The number of ether oxygens (including phenoxy) is 1. The van der Waals surface area contributed by atoms with E-state index in [2.05, 4.69) is 26.0 Å². The van der Waals surface area contributed by atoms with Gasteiger partial charge in [0.2, 0.25) is 23.6 Å². The summed E-state index contributed by atoms with van der Waals surface area (Å²) in [5.74, 6) is -3.57. The fourth-order valence-electron chi connectivity index (χ4n) is 3.14. The van der Waals surface area contributed by atoms with Crippen LogP contribution in [0.3, 0.4) is 0 Å². The Kier molecular flexibility index (Phi) is 14.8. The lowest BCUT2D eigenvalue weighted by atomic mass is 9.96. The van der Waals surface area contributed by atoms with Crippen LogP contribution in [0, 0.1) is 17.8 Å². The van der Waals surface area contributed by atoms with Gasteiger partial charge in [-0.15, -0.1) is 0 Å². The van der Waals surface area contributed by atoms with E-state index in [9.17, 15) is 24.0 Å². The van der Waals surface area contributed by atoms with Crippen LogP contribution < -0.4 is 27.0 Å². The second-order valence-corrected chi connectivity index (χ2v) is 9.38. The number of aliphatic hydroxyl groups excluding tert-OH is 1. The van der Waals surface area contributed by atoms with Gasteiger partial charge in [0, 0.05) is 0 Å². The van der Waals surface area contributed by atoms with Crippen LogP contribution in [0.2, 0.25) is 0 Å². The molecule has 0 aromatic heterocycles. The van der Waals surface area contributed by atoms with Crippen molar-refractivity contribution in [3.63, 3.8) is 0 Å². The van der Waals surface area contributed by atoms with Crippen molar-refractivity contribution in [3.05, 3.63) is 0 Å². The number of carbonyl (C=O) groups is 5. The molecule has 12 nitrogen and oxygen atoms in total. The van der Waals surface area contributed by atoms with Gasteiger partial charge in [0.15, 0.2) is 0 Å². The predicted molar refractivity (Wildman–Crippen MR) is 130 cm³/mol. The van der Waals surface area contributed by atoms with Crippen molar-refractivity contribution in [3.8, 4) is 0 Å². The largest absolute Gasteiger partial charge is 0.468 e. The molecule has 0 radical (unpaired) electrons. The molecule has 4 amide bonds. The van der Waals surface area contributed by atoms with Gasteiger partial charge in [-0.1, -0.05) is 48.0 Å². The number of rotatable bonds is 15. The highest BCUT2D eigenvalue weighted by atomic mass is 16.5. The van der Waals surface area contributed by atoms with Crippen molar-refractivity contribution in [1.82, 2.24) is 21.3 Å². The van der Waals surface area contributed by atoms with Crippen LogP contribution in [0.15, 0.2) is 0 Å². The summed E-state index contributed by atoms with van der Waals surface area (Å²) in [4.78, 5) is 62.3. The SMILES string of the molecule is CCC(C)C(NC(=O)C(NC(=O)C(CC(C)C)NC(=O)C(N)CO)C(C)C)C(=O)NCC(=O)OC. The van der Waals surface area contributed by atoms with E-state index in [1.807, 2.05) is 20.8 Å². The Balaban J connectivity index is 5.58. The van der Waals surface area contributed by atoms with Gasteiger partial charge in [0.25, 0.3) is 0 Å². The van der Waals surface area contributed by atoms with Crippen LogP contribution in [0.25, 0.3) is 0 Å². The molecule has 0 aliphatic heterocycles. The molecule has 0 heterocycles. The van der Waals surface area contributed by atoms with Gasteiger partial charge in [-0.25, -0.2) is 0 Å². The summed E-state index contributed by atoms with van der Waals surface area (Å²) in [5, 5.41) is 19.4. The molecule has 0 saturated heterocycles. The highest BCUT2D eigenvalue weighted by Crippen LogP contribution is 2.12. The minimum Gasteiger partial charge on any atom is -0.468 e. The Hall–Kier alpha value is -2.73. The molecule has 35 heavy (non-hydrogen) atoms. The quantitative estimate of drug-likeness (QED) is 0.151. The number of methoxy groups -OCH3 is 1. The first-order chi connectivity index (χ1) is 16.3. The molecule has 0 bridgehead atoms. The third kappa shape index (κ3) is 11.5. The smallest absolute Gasteiger partial charge is 0.325 e. The maximum absolute atomic E-state index is 13.1. The number of hydrogen-bond donors (Lipinski definition) is 6. The molecule has 0 rings (SSSR count). The molecule has 0 aliphatic carbocycles. The van der Waals surface area contributed by atoms with Gasteiger partial charge in [0.1, 0.15) is 30.7 Å². The summed E-state index contributed by atoms with van der Waals surface area (Å²) in [5.41, 5.74) is 5.55. The average Bonchev–Trinajstić information content (AvgIpc) is 2.81. The number of hydrogen-bond acceptors (Lipinski definition) is 8. The molecule has 7 N–H and O–H groups in total.